The van der Waals surface area contributed by atoms with E-state index in [1.54, 1.807) is 0 Å². The van der Waals surface area contributed by atoms with Gasteiger partial charge < -0.3 is 12.4 Å². The number of allylic oxidation sites excluding steroid dienone is 2. The Kier molecular flexibility index (Phi) is 5.07. The Morgan fingerprint density at radius 1 is 0.828 bits per heavy atom. The summed E-state index contributed by atoms with van der Waals surface area (Å²) in [5.74, 6) is 1.03. The first-order chi connectivity index (χ1) is 13.7. The molecule has 5 rings (SSSR count). The molecule has 3 heterocycles. The molecule has 0 saturated carbocycles. The molecule has 1 saturated heterocycles. The van der Waals surface area contributed by atoms with Gasteiger partial charge in [0.05, 0.1) is 26.0 Å². The Labute approximate surface area is 177 Å². The van der Waals surface area contributed by atoms with Crippen molar-refractivity contribution in [3.8, 4) is 0 Å². The molecule has 29 heavy (non-hydrogen) atoms. The molecule has 0 spiro atoms. The zero-order chi connectivity index (χ0) is 19.1. The van der Waals surface area contributed by atoms with Crippen LogP contribution in [-0.2, 0) is 0 Å². The molecule has 1 fully saturated rings. The van der Waals surface area contributed by atoms with Crippen LogP contribution in [0.4, 0.5) is 0 Å². The molecule has 3 aliphatic rings. The van der Waals surface area contributed by atoms with Crippen LogP contribution in [0, 0.1) is 0 Å². The van der Waals surface area contributed by atoms with E-state index in [0.29, 0.717) is 0 Å². The fourth-order valence-electron chi connectivity index (χ4n) is 3.95. The SMILES string of the molecule is C[N+](C)=C1N2C=CC=CC2C2N=C(c3ccccc3)C(c3ccccc3)=NN12.[Cl-]. The summed E-state index contributed by atoms with van der Waals surface area (Å²) >= 11 is 0. The second-order valence-corrected chi connectivity index (χ2v) is 7.24. The van der Waals surface area contributed by atoms with Gasteiger partial charge in [0, 0.05) is 11.1 Å². The number of hydrogen-bond donors (Lipinski definition) is 0. The van der Waals surface area contributed by atoms with Crippen molar-refractivity contribution >= 4 is 17.4 Å². The van der Waals surface area contributed by atoms with Gasteiger partial charge in [-0.05, 0) is 12.2 Å². The van der Waals surface area contributed by atoms with Crippen molar-refractivity contribution in [3.05, 3.63) is 96.2 Å². The topological polar surface area (TPSA) is 34.2 Å². The second kappa shape index (κ2) is 7.68. The van der Waals surface area contributed by atoms with E-state index in [9.17, 15) is 0 Å². The first kappa shape index (κ1) is 19.2. The fourth-order valence-corrected chi connectivity index (χ4v) is 3.95. The molecule has 0 aromatic heterocycles. The number of aliphatic imine (C=N–C) groups is 1. The van der Waals surface area contributed by atoms with Gasteiger partial charge in [0.25, 0.3) is 0 Å². The molecular formula is C23H22ClN5. The van der Waals surface area contributed by atoms with E-state index in [-0.39, 0.29) is 24.6 Å². The van der Waals surface area contributed by atoms with Gasteiger partial charge in [-0.3, -0.25) is 4.58 Å². The van der Waals surface area contributed by atoms with Crippen molar-refractivity contribution in [2.24, 2.45) is 10.1 Å². The number of nitrogens with zero attached hydrogens (tertiary/aromatic N) is 5. The van der Waals surface area contributed by atoms with Gasteiger partial charge in [0.1, 0.15) is 5.71 Å². The molecule has 2 unspecified atom stereocenters. The monoisotopic (exact) mass is 403 g/mol. The van der Waals surface area contributed by atoms with Gasteiger partial charge in [0.15, 0.2) is 6.04 Å². The third kappa shape index (κ3) is 3.17. The van der Waals surface area contributed by atoms with Gasteiger partial charge in [-0.25, -0.2) is 9.89 Å². The van der Waals surface area contributed by atoms with E-state index in [1.807, 2.05) is 24.3 Å². The maximum Gasteiger partial charge on any atom is 0.381 e. The summed E-state index contributed by atoms with van der Waals surface area (Å²) < 4.78 is 2.10. The van der Waals surface area contributed by atoms with Gasteiger partial charge in [-0.1, -0.05) is 66.7 Å². The number of hydrogen-bond acceptors (Lipinski definition) is 2. The minimum atomic E-state index is -0.0960. The quantitative estimate of drug-likeness (QED) is 0.657. The minimum absolute atomic E-state index is 0. The maximum absolute atomic E-state index is 5.23. The van der Waals surface area contributed by atoms with Crippen molar-refractivity contribution < 1.29 is 17.0 Å². The second-order valence-electron chi connectivity index (χ2n) is 7.24. The third-order valence-corrected chi connectivity index (χ3v) is 5.17. The summed E-state index contributed by atoms with van der Waals surface area (Å²) in [7, 11) is 4.10. The molecule has 0 bridgehead atoms. The van der Waals surface area contributed by atoms with Crippen molar-refractivity contribution in [2.45, 2.75) is 12.2 Å². The highest BCUT2D eigenvalue weighted by Crippen LogP contribution is 2.31. The summed E-state index contributed by atoms with van der Waals surface area (Å²) in [6.45, 7) is 0. The molecule has 3 aliphatic heterocycles. The highest BCUT2D eigenvalue weighted by atomic mass is 35.5. The van der Waals surface area contributed by atoms with Gasteiger partial charge in [-0.2, -0.15) is 0 Å². The van der Waals surface area contributed by atoms with Crippen LogP contribution in [0.15, 0.2) is 95.2 Å². The molecule has 0 aliphatic carbocycles. The van der Waals surface area contributed by atoms with E-state index in [0.717, 1.165) is 28.5 Å². The van der Waals surface area contributed by atoms with Gasteiger partial charge in [-0.15, -0.1) is 10.1 Å². The molecule has 2 aromatic rings. The summed E-state index contributed by atoms with van der Waals surface area (Å²) in [4.78, 5) is 7.47. The van der Waals surface area contributed by atoms with Crippen LogP contribution in [-0.4, -0.2) is 58.2 Å². The summed E-state index contributed by atoms with van der Waals surface area (Å²) in [6, 6.07) is 20.8. The minimum Gasteiger partial charge on any atom is -1.00 e. The Morgan fingerprint density at radius 3 is 2.07 bits per heavy atom. The predicted molar refractivity (Wildman–Crippen MR) is 113 cm³/mol. The highest BCUT2D eigenvalue weighted by Gasteiger charge is 2.53. The van der Waals surface area contributed by atoms with E-state index in [2.05, 4.69) is 89.4 Å². The van der Waals surface area contributed by atoms with Crippen molar-refractivity contribution in [1.82, 2.24) is 9.91 Å². The van der Waals surface area contributed by atoms with Gasteiger partial charge >= 0.3 is 5.96 Å². The van der Waals surface area contributed by atoms with Crippen LogP contribution >= 0.6 is 0 Å². The lowest BCUT2D eigenvalue weighted by molar-refractivity contribution is -0.474. The van der Waals surface area contributed by atoms with E-state index >= 15 is 0 Å². The molecule has 6 heteroatoms. The van der Waals surface area contributed by atoms with Crippen molar-refractivity contribution in [1.29, 1.82) is 0 Å². The normalized spacial score (nSPS) is 21.8. The van der Waals surface area contributed by atoms with Crippen LogP contribution in [0.25, 0.3) is 0 Å². The number of fused-ring (bicyclic) bond motifs is 3. The van der Waals surface area contributed by atoms with E-state index in [4.69, 9.17) is 10.1 Å². The largest absolute Gasteiger partial charge is 1.00 e. The number of halogens is 1. The first-order valence-corrected chi connectivity index (χ1v) is 9.48. The molecule has 2 aromatic carbocycles. The molecule has 0 radical (unpaired) electrons. The molecule has 2 atom stereocenters. The Morgan fingerprint density at radius 2 is 1.45 bits per heavy atom. The molecule has 5 nitrogen and oxygen atoms in total. The zero-order valence-electron chi connectivity index (χ0n) is 16.4. The van der Waals surface area contributed by atoms with Crippen LogP contribution < -0.4 is 12.4 Å². The summed E-state index contributed by atoms with van der Waals surface area (Å²) in [5, 5.41) is 7.18. The predicted octanol–water partition coefficient (Wildman–Crippen LogP) is -0.0785. The standard InChI is InChI=1S/C23H22N5.ClH/c1-26(2)23-27-16-10-9-15-19(27)22-24-20(17-11-5-3-6-12-17)21(25-28(22)23)18-13-7-4-8-14-18;/h3-16,19,22H,1-2H3;1H/q+1;/p-1. The summed E-state index contributed by atoms with van der Waals surface area (Å²) in [6.07, 6.45) is 8.35. The molecule has 0 amide bonds. The zero-order valence-corrected chi connectivity index (χ0v) is 17.1. The van der Waals surface area contributed by atoms with E-state index in [1.165, 1.54) is 0 Å². The highest BCUT2D eigenvalue weighted by molar-refractivity contribution is 6.53. The number of rotatable bonds is 2. The number of benzene rings is 2. The van der Waals surface area contributed by atoms with Crippen LogP contribution in [0.5, 0.6) is 0 Å². The van der Waals surface area contributed by atoms with Crippen LogP contribution in [0.2, 0.25) is 0 Å². The average molecular weight is 404 g/mol. The Hall–Kier alpha value is -3.18. The van der Waals surface area contributed by atoms with Crippen LogP contribution in [0.3, 0.4) is 0 Å². The lowest BCUT2D eigenvalue weighted by atomic mass is 9.98. The molecule has 0 N–H and O–H groups in total. The lowest BCUT2D eigenvalue weighted by Crippen LogP contribution is -3.00. The Balaban J connectivity index is 0.00000205. The van der Waals surface area contributed by atoms with Crippen LogP contribution in [0.1, 0.15) is 11.1 Å². The van der Waals surface area contributed by atoms with E-state index < -0.39 is 0 Å². The van der Waals surface area contributed by atoms with Crippen molar-refractivity contribution in [2.75, 3.05) is 14.1 Å². The summed E-state index contributed by atoms with van der Waals surface area (Å²) in [5.41, 5.74) is 3.99. The smallest absolute Gasteiger partial charge is 0.381 e. The average Bonchev–Trinajstić information content (AvgIpc) is 3.08. The fraction of sp³-hybridized carbons (Fsp3) is 0.174. The maximum atomic E-state index is 5.23. The molecular weight excluding hydrogens is 382 g/mol. The molecule has 146 valence electrons. The van der Waals surface area contributed by atoms with Gasteiger partial charge in [0.2, 0.25) is 6.17 Å². The number of hydrazone groups is 1. The lowest BCUT2D eigenvalue weighted by Gasteiger charge is -2.22. The number of guanidine groups is 1. The first-order valence-electron chi connectivity index (χ1n) is 9.48. The Bertz CT molecular complexity index is 1050. The third-order valence-electron chi connectivity index (χ3n) is 5.17. The van der Waals surface area contributed by atoms with Crippen molar-refractivity contribution in [3.63, 3.8) is 0 Å².